The molecule has 0 radical (unpaired) electrons. The molecule has 0 aliphatic heterocycles. The zero-order valence-corrected chi connectivity index (χ0v) is 14.3. The molecule has 0 fully saturated rings. The molecule has 0 saturated carbocycles. The van der Waals surface area contributed by atoms with Crippen molar-refractivity contribution in [3.05, 3.63) is 46.6 Å². The number of rotatable bonds is 3. The van der Waals surface area contributed by atoms with Crippen LogP contribution in [-0.4, -0.2) is 37.8 Å². The van der Waals surface area contributed by atoms with E-state index in [1.807, 2.05) is 13.0 Å². The molecule has 8 heteroatoms. The first-order chi connectivity index (χ1) is 11.4. The van der Waals surface area contributed by atoms with Gasteiger partial charge in [0, 0.05) is 18.3 Å². The second-order valence-electron chi connectivity index (χ2n) is 5.59. The molecular formula is C16H17ClN6O. The van der Waals surface area contributed by atoms with Crippen LogP contribution >= 0.6 is 11.6 Å². The number of amides is 1. The third-order valence-corrected chi connectivity index (χ3v) is 4.16. The van der Waals surface area contributed by atoms with Crippen molar-refractivity contribution in [2.24, 2.45) is 0 Å². The van der Waals surface area contributed by atoms with Crippen molar-refractivity contribution in [2.75, 3.05) is 12.8 Å². The van der Waals surface area contributed by atoms with E-state index in [-0.39, 0.29) is 23.3 Å². The molecule has 3 rings (SSSR count). The molecule has 2 aromatic heterocycles. The van der Waals surface area contributed by atoms with Crippen molar-refractivity contribution in [2.45, 2.75) is 19.9 Å². The molecule has 1 atom stereocenters. The molecule has 0 saturated heterocycles. The van der Waals surface area contributed by atoms with Gasteiger partial charge >= 0.3 is 0 Å². The van der Waals surface area contributed by atoms with Gasteiger partial charge in [0.25, 0.3) is 5.91 Å². The third kappa shape index (κ3) is 2.90. The van der Waals surface area contributed by atoms with Crippen molar-refractivity contribution < 1.29 is 4.79 Å². The third-order valence-electron chi connectivity index (χ3n) is 3.93. The maximum Gasteiger partial charge on any atom is 0.259 e. The van der Waals surface area contributed by atoms with E-state index >= 15 is 0 Å². The Kier molecular flexibility index (Phi) is 4.11. The van der Waals surface area contributed by atoms with E-state index in [0.29, 0.717) is 16.7 Å². The summed E-state index contributed by atoms with van der Waals surface area (Å²) in [5, 5.41) is 0.624. The summed E-state index contributed by atoms with van der Waals surface area (Å²) in [6.45, 7) is 3.60. The maximum absolute atomic E-state index is 12.7. The van der Waals surface area contributed by atoms with Gasteiger partial charge in [0.15, 0.2) is 0 Å². The lowest BCUT2D eigenvalue weighted by Crippen LogP contribution is -2.31. The van der Waals surface area contributed by atoms with Crippen LogP contribution in [0.4, 0.5) is 5.82 Å². The average molecular weight is 345 g/mol. The van der Waals surface area contributed by atoms with Crippen LogP contribution in [0.3, 0.4) is 0 Å². The Bertz CT molecular complexity index is 922. The van der Waals surface area contributed by atoms with E-state index in [9.17, 15) is 4.79 Å². The Morgan fingerprint density at radius 3 is 2.83 bits per heavy atom. The number of nitrogens with two attached hydrogens (primary N) is 1. The molecule has 3 aromatic rings. The first-order valence-corrected chi connectivity index (χ1v) is 7.76. The summed E-state index contributed by atoms with van der Waals surface area (Å²) in [4.78, 5) is 30.0. The molecule has 0 aliphatic carbocycles. The smallest absolute Gasteiger partial charge is 0.259 e. The molecular weight excluding hydrogens is 328 g/mol. The van der Waals surface area contributed by atoms with E-state index in [4.69, 9.17) is 17.3 Å². The zero-order valence-electron chi connectivity index (χ0n) is 13.5. The SMILES string of the molecule is Cc1ncc(C(=O)N(C)C(C)c2nc3ccc(Cl)cc3[nH]2)c(N)n1. The second-order valence-corrected chi connectivity index (χ2v) is 6.03. The number of nitrogen functional groups attached to an aromatic ring is 1. The topological polar surface area (TPSA) is 101 Å². The molecule has 0 spiro atoms. The van der Waals surface area contributed by atoms with Gasteiger partial charge in [0.2, 0.25) is 0 Å². The fourth-order valence-corrected chi connectivity index (χ4v) is 2.57. The minimum atomic E-state index is -0.288. The van der Waals surface area contributed by atoms with E-state index in [2.05, 4.69) is 19.9 Å². The van der Waals surface area contributed by atoms with Crippen LogP contribution in [0.15, 0.2) is 24.4 Å². The molecule has 1 amide bonds. The van der Waals surface area contributed by atoms with Gasteiger partial charge in [-0.1, -0.05) is 11.6 Å². The van der Waals surface area contributed by atoms with Crippen LogP contribution in [-0.2, 0) is 0 Å². The van der Waals surface area contributed by atoms with Gasteiger partial charge in [-0.3, -0.25) is 4.79 Å². The van der Waals surface area contributed by atoms with Crippen LogP contribution in [0.5, 0.6) is 0 Å². The number of halogens is 1. The minimum Gasteiger partial charge on any atom is -0.383 e. The Morgan fingerprint density at radius 1 is 1.38 bits per heavy atom. The van der Waals surface area contributed by atoms with Gasteiger partial charge in [-0.2, -0.15) is 0 Å². The average Bonchev–Trinajstić information content (AvgIpc) is 2.95. The van der Waals surface area contributed by atoms with Gasteiger partial charge in [-0.25, -0.2) is 15.0 Å². The fourth-order valence-electron chi connectivity index (χ4n) is 2.40. The lowest BCUT2D eigenvalue weighted by molar-refractivity contribution is 0.0737. The number of carbonyl (C=O) groups excluding carboxylic acids is 1. The summed E-state index contributed by atoms with van der Waals surface area (Å²) in [6.07, 6.45) is 1.45. The Hall–Kier alpha value is -2.67. The molecule has 0 bridgehead atoms. The number of fused-ring (bicyclic) bond motifs is 1. The summed E-state index contributed by atoms with van der Waals surface area (Å²) in [5.74, 6) is 1.09. The first kappa shape index (κ1) is 16.2. The maximum atomic E-state index is 12.7. The zero-order chi connectivity index (χ0) is 17.4. The fraction of sp³-hybridized carbons (Fsp3) is 0.250. The minimum absolute atomic E-state index is 0.169. The standard InChI is InChI=1S/C16H17ClN6O/c1-8(15-21-12-5-4-10(17)6-13(12)22-15)23(3)16(24)11-7-19-9(2)20-14(11)18/h4-8H,1-3H3,(H,21,22)(H2,18,19,20). The normalized spacial score (nSPS) is 12.3. The predicted octanol–water partition coefficient (Wildman–Crippen LogP) is 2.73. The number of aryl methyl sites for hydroxylation is 1. The number of nitrogens with zero attached hydrogens (tertiary/aromatic N) is 4. The molecule has 2 heterocycles. The molecule has 3 N–H and O–H groups in total. The highest BCUT2D eigenvalue weighted by Crippen LogP contribution is 2.24. The van der Waals surface area contributed by atoms with Crippen LogP contribution in [0.25, 0.3) is 11.0 Å². The molecule has 1 aromatic carbocycles. The highest BCUT2D eigenvalue weighted by atomic mass is 35.5. The number of imidazole rings is 1. The van der Waals surface area contributed by atoms with Crippen LogP contribution in [0.1, 0.15) is 35.0 Å². The van der Waals surface area contributed by atoms with Gasteiger partial charge in [0.05, 0.1) is 17.1 Å². The molecule has 7 nitrogen and oxygen atoms in total. The van der Waals surface area contributed by atoms with Crippen molar-refractivity contribution in [1.82, 2.24) is 24.8 Å². The monoisotopic (exact) mass is 344 g/mol. The van der Waals surface area contributed by atoms with Crippen molar-refractivity contribution in [3.8, 4) is 0 Å². The number of H-pyrrole nitrogens is 1. The van der Waals surface area contributed by atoms with Crippen LogP contribution in [0, 0.1) is 6.92 Å². The Balaban J connectivity index is 1.89. The highest BCUT2D eigenvalue weighted by Gasteiger charge is 2.23. The summed E-state index contributed by atoms with van der Waals surface area (Å²) < 4.78 is 0. The van der Waals surface area contributed by atoms with E-state index in [1.165, 1.54) is 6.20 Å². The first-order valence-electron chi connectivity index (χ1n) is 7.38. The van der Waals surface area contributed by atoms with Crippen molar-refractivity contribution in [1.29, 1.82) is 0 Å². The predicted molar refractivity (Wildman–Crippen MR) is 92.8 cm³/mol. The number of anilines is 1. The summed E-state index contributed by atoms with van der Waals surface area (Å²) in [7, 11) is 1.69. The Morgan fingerprint density at radius 2 is 2.12 bits per heavy atom. The number of carbonyl (C=O) groups is 1. The lowest BCUT2D eigenvalue weighted by Gasteiger charge is -2.23. The van der Waals surface area contributed by atoms with Crippen LogP contribution in [0.2, 0.25) is 5.02 Å². The molecule has 124 valence electrons. The lowest BCUT2D eigenvalue weighted by atomic mass is 10.2. The number of aromatic nitrogens is 4. The number of aromatic amines is 1. The van der Waals surface area contributed by atoms with Gasteiger partial charge < -0.3 is 15.6 Å². The van der Waals surface area contributed by atoms with Gasteiger partial charge in [-0.15, -0.1) is 0 Å². The number of nitrogens with one attached hydrogen (secondary N) is 1. The molecule has 24 heavy (non-hydrogen) atoms. The highest BCUT2D eigenvalue weighted by molar-refractivity contribution is 6.31. The summed E-state index contributed by atoms with van der Waals surface area (Å²) in [6, 6.07) is 5.12. The van der Waals surface area contributed by atoms with E-state index < -0.39 is 0 Å². The Labute approximate surface area is 143 Å². The van der Waals surface area contributed by atoms with E-state index in [0.717, 1.165) is 11.0 Å². The van der Waals surface area contributed by atoms with E-state index in [1.54, 1.807) is 31.0 Å². The quantitative estimate of drug-likeness (QED) is 0.760. The molecule has 0 aliphatic rings. The van der Waals surface area contributed by atoms with Crippen molar-refractivity contribution in [3.63, 3.8) is 0 Å². The van der Waals surface area contributed by atoms with Gasteiger partial charge in [0.1, 0.15) is 23.0 Å². The van der Waals surface area contributed by atoms with Crippen LogP contribution < -0.4 is 5.73 Å². The number of hydrogen-bond acceptors (Lipinski definition) is 5. The second kappa shape index (κ2) is 6.09. The number of benzene rings is 1. The van der Waals surface area contributed by atoms with Crippen molar-refractivity contribution >= 4 is 34.4 Å². The van der Waals surface area contributed by atoms with Gasteiger partial charge in [-0.05, 0) is 32.0 Å². The molecule has 1 unspecified atom stereocenters. The summed E-state index contributed by atoms with van der Waals surface area (Å²) in [5.41, 5.74) is 7.73. The summed E-state index contributed by atoms with van der Waals surface area (Å²) >= 11 is 5.99. The largest absolute Gasteiger partial charge is 0.383 e. The number of hydrogen-bond donors (Lipinski definition) is 2.